The lowest BCUT2D eigenvalue weighted by molar-refractivity contribution is 0.941. The number of nitrogens with one attached hydrogen (secondary N) is 2. The minimum atomic E-state index is 0.676. The van der Waals surface area contributed by atoms with E-state index in [2.05, 4.69) is 30.5 Å². The van der Waals surface area contributed by atoms with Gasteiger partial charge in [0.25, 0.3) is 0 Å². The molecule has 2 N–H and O–H groups in total. The van der Waals surface area contributed by atoms with Crippen LogP contribution in [-0.2, 0) is 6.54 Å². The van der Waals surface area contributed by atoms with E-state index in [-0.39, 0.29) is 0 Å². The number of anilines is 2. The third kappa shape index (κ3) is 2.44. The van der Waals surface area contributed by atoms with Gasteiger partial charge in [0.15, 0.2) is 10.9 Å². The summed E-state index contributed by atoms with van der Waals surface area (Å²) in [7, 11) is 0. The van der Waals surface area contributed by atoms with E-state index in [0.717, 1.165) is 40.8 Å². The van der Waals surface area contributed by atoms with Crippen LogP contribution in [0.1, 0.15) is 18.5 Å². The molecular formula is C14H16N6S. The summed E-state index contributed by atoms with van der Waals surface area (Å²) in [6.45, 7) is 2.94. The number of rotatable bonds is 4. The van der Waals surface area contributed by atoms with Crippen molar-refractivity contribution < 1.29 is 0 Å². The molecule has 0 aliphatic carbocycles. The Labute approximate surface area is 126 Å². The second-order valence-corrected chi connectivity index (χ2v) is 5.97. The van der Waals surface area contributed by atoms with Gasteiger partial charge in [-0.05, 0) is 18.9 Å². The first-order chi connectivity index (χ1) is 10.4. The molecule has 1 saturated heterocycles. The molecule has 0 radical (unpaired) electrons. The van der Waals surface area contributed by atoms with Gasteiger partial charge in [-0.2, -0.15) is 0 Å². The fraction of sp³-hybridized carbons (Fsp3) is 0.357. The Morgan fingerprint density at radius 1 is 1.29 bits per heavy atom. The highest BCUT2D eigenvalue weighted by Gasteiger charge is 2.15. The van der Waals surface area contributed by atoms with Gasteiger partial charge in [-0.1, -0.05) is 0 Å². The van der Waals surface area contributed by atoms with Crippen LogP contribution in [0.3, 0.4) is 0 Å². The van der Waals surface area contributed by atoms with Crippen molar-refractivity contribution in [2.24, 2.45) is 0 Å². The van der Waals surface area contributed by atoms with Gasteiger partial charge in [0.05, 0.1) is 17.8 Å². The molecule has 4 rings (SSSR count). The third-order valence-corrected chi connectivity index (χ3v) is 4.65. The second kappa shape index (κ2) is 5.33. The Bertz CT molecular complexity index is 743. The van der Waals surface area contributed by atoms with Gasteiger partial charge in [0.2, 0.25) is 0 Å². The average Bonchev–Trinajstić information content (AvgIpc) is 3.23. The number of hydrogen-bond acceptors (Lipinski definition) is 6. The first kappa shape index (κ1) is 12.6. The molecule has 3 aromatic heterocycles. The number of nitrogens with zero attached hydrogens (tertiary/aromatic N) is 4. The summed E-state index contributed by atoms with van der Waals surface area (Å²) in [5, 5.41) is 6.59. The van der Waals surface area contributed by atoms with E-state index < -0.39 is 0 Å². The van der Waals surface area contributed by atoms with Crippen molar-refractivity contribution in [1.29, 1.82) is 0 Å². The summed E-state index contributed by atoms with van der Waals surface area (Å²) in [4.78, 5) is 18.7. The van der Waals surface area contributed by atoms with Crippen molar-refractivity contribution in [3.8, 4) is 0 Å². The van der Waals surface area contributed by atoms with E-state index >= 15 is 0 Å². The van der Waals surface area contributed by atoms with Crippen LogP contribution < -0.4 is 10.2 Å². The van der Waals surface area contributed by atoms with Crippen molar-refractivity contribution in [3.05, 3.63) is 29.7 Å². The summed E-state index contributed by atoms with van der Waals surface area (Å²) in [6, 6.07) is 1.94. The molecule has 1 fully saturated rings. The fourth-order valence-electron chi connectivity index (χ4n) is 2.61. The maximum atomic E-state index is 4.70. The Morgan fingerprint density at radius 2 is 2.19 bits per heavy atom. The zero-order chi connectivity index (χ0) is 14.1. The molecule has 6 nitrogen and oxygen atoms in total. The van der Waals surface area contributed by atoms with Gasteiger partial charge in [-0.3, -0.25) is 0 Å². The maximum Gasteiger partial charge on any atom is 0.185 e. The molecule has 0 spiro atoms. The highest BCUT2D eigenvalue weighted by molar-refractivity contribution is 7.13. The first-order valence-electron chi connectivity index (χ1n) is 7.11. The topological polar surface area (TPSA) is 69.7 Å². The molecular weight excluding hydrogens is 284 g/mol. The first-order valence-corrected chi connectivity index (χ1v) is 7.99. The molecule has 3 aromatic rings. The van der Waals surface area contributed by atoms with Gasteiger partial charge < -0.3 is 15.2 Å². The molecule has 0 bridgehead atoms. The largest absolute Gasteiger partial charge is 0.363 e. The van der Waals surface area contributed by atoms with Crippen molar-refractivity contribution in [2.45, 2.75) is 19.4 Å². The molecule has 0 amide bonds. The fourth-order valence-corrected chi connectivity index (χ4v) is 3.49. The maximum absolute atomic E-state index is 4.70. The van der Waals surface area contributed by atoms with Crippen LogP contribution in [-0.4, -0.2) is 33.0 Å². The van der Waals surface area contributed by atoms with Crippen LogP contribution in [0.2, 0.25) is 0 Å². The SMILES string of the molecule is c1nc(NCc2csc(N3CCCC3)n2)c2[nH]ccc2n1. The molecule has 21 heavy (non-hydrogen) atoms. The van der Waals surface area contributed by atoms with E-state index in [9.17, 15) is 0 Å². The van der Waals surface area contributed by atoms with Crippen molar-refractivity contribution in [1.82, 2.24) is 19.9 Å². The van der Waals surface area contributed by atoms with Crippen LogP contribution in [0.15, 0.2) is 24.0 Å². The number of fused-ring (bicyclic) bond motifs is 1. The highest BCUT2D eigenvalue weighted by Crippen LogP contribution is 2.25. The van der Waals surface area contributed by atoms with Crippen LogP contribution in [0, 0.1) is 0 Å². The van der Waals surface area contributed by atoms with E-state index in [1.54, 1.807) is 17.7 Å². The summed E-state index contributed by atoms with van der Waals surface area (Å²) >= 11 is 1.72. The second-order valence-electron chi connectivity index (χ2n) is 5.13. The van der Waals surface area contributed by atoms with Gasteiger partial charge >= 0.3 is 0 Å². The summed E-state index contributed by atoms with van der Waals surface area (Å²) in [5.74, 6) is 0.820. The molecule has 1 aliphatic rings. The average molecular weight is 300 g/mol. The lowest BCUT2D eigenvalue weighted by Gasteiger charge is -2.12. The lowest BCUT2D eigenvalue weighted by Crippen LogP contribution is -2.17. The lowest BCUT2D eigenvalue weighted by atomic mass is 10.4. The number of aromatic amines is 1. The minimum absolute atomic E-state index is 0.676. The normalized spacial score (nSPS) is 15.0. The van der Waals surface area contributed by atoms with E-state index in [1.165, 1.54) is 12.8 Å². The van der Waals surface area contributed by atoms with Crippen LogP contribution in [0.25, 0.3) is 11.0 Å². The number of aromatic nitrogens is 4. The number of thiazole rings is 1. The number of hydrogen-bond donors (Lipinski definition) is 2. The van der Waals surface area contributed by atoms with Gasteiger partial charge in [-0.15, -0.1) is 11.3 Å². The zero-order valence-electron chi connectivity index (χ0n) is 11.5. The monoisotopic (exact) mass is 300 g/mol. The minimum Gasteiger partial charge on any atom is -0.363 e. The van der Waals surface area contributed by atoms with Gasteiger partial charge in [0, 0.05) is 24.7 Å². The number of H-pyrrole nitrogens is 1. The van der Waals surface area contributed by atoms with Gasteiger partial charge in [-0.25, -0.2) is 15.0 Å². The predicted octanol–water partition coefficient (Wildman–Crippen LogP) is 2.63. The summed E-state index contributed by atoms with van der Waals surface area (Å²) < 4.78 is 0. The highest BCUT2D eigenvalue weighted by atomic mass is 32.1. The van der Waals surface area contributed by atoms with Crippen LogP contribution in [0.5, 0.6) is 0 Å². The molecule has 1 aliphatic heterocycles. The Kier molecular flexibility index (Phi) is 3.19. The summed E-state index contributed by atoms with van der Waals surface area (Å²) in [6.07, 6.45) is 6.01. The van der Waals surface area contributed by atoms with Crippen LogP contribution >= 0.6 is 11.3 Å². The Balaban J connectivity index is 1.48. The standard InChI is InChI=1S/C14H16N6S/c1-2-6-20(5-1)14-19-10(8-21-14)7-16-13-12-11(3-4-15-12)17-9-18-13/h3-4,8-9,15H,1-2,5-7H2,(H,16,17,18). The Hall–Kier alpha value is -2.15. The van der Waals surface area contributed by atoms with E-state index in [0.29, 0.717) is 6.54 Å². The molecule has 0 aromatic carbocycles. The van der Waals surface area contributed by atoms with E-state index in [1.807, 2.05) is 12.3 Å². The molecule has 4 heterocycles. The van der Waals surface area contributed by atoms with Crippen molar-refractivity contribution >= 4 is 33.3 Å². The molecule has 0 saturated carbocycles. The zero-order valence-corrected chi connectivity index (χ0v) is 12.4. The van der Waals surface area contributed by atoms with E-state index in [4.69, 9.17) is 4.98 Å². The molecule has 108 valence electrons. The molecule has 0 unspecified atom stereocenters. The van der Waals surface area contributed by atoms with Crippen molar-refractivity contribution in [3.63, 3.8) is 0 Å². The van der Waals surface area contributed by atoms with Crippen molar-refractivity contribution in [2.75, 3.05) is 23.3 Å². The molecule has 7 heteroatoms. The third-order valence-electron chi connectivity index (χ3n) is 3.70. The summed E-state index contributed by atoms with van der Waals surface area (Å²) in [5.41, 5.74) is 2.91. The smallest absolute Gasteiger partial charge is 0.185 e. The van der Waals surface area contributed by atoms with Crippen LogP contribution in [0.4, 0.5) is 10.9 Å². The quantitative estimate of drug-likeness (QED) is 0.775. The van der Waals surface area contributed by atoms with Gasteiger partial charge in [0.1, 0.15) is 11.8 Å². The Morgan fingerprint density at radius 3 is 3.10 bits per heavy atom. The molecule has 0 atom stereocenters. The predicted molar refractivity (Wildman–Crippen MR) is 84.8 cm³/mol.